The maximum atomic E-state index is 13.4. The van der Waals surface area contributed by atoms with E-state index < -0.39 is 0 Å². The van der Waals surface area contributed by atoms with Crippen molar-refractivity contribution in [3.8, 4) is 11.5 Å². The molecule has 198 valence electrons. The number of rotatable bonds is 7. The molecule has 9 heteroatoms. The summed E-state index contributed by atoms with van der Waals surface area (Å²) < 4.78 is 2.23. The number of nitrogens with zero attached hydrogens (tertiary/aromatic N) is 6. The van der Waals surface area contributed by atoms with Gasteiger partial charge >= 0.3 is 0 Å². The van der Waals surface area contributed by atoms with Crippen LogP contribution in [0, 0.1) is 5.92 Å². The van der Waals surface area contributed by atoms with Crippen molar-refractivity contribution in [1.29, 1.82) is 0 Å². The van der Waals surface area contributed by atoms with E-state index in [1.54, 1.807) is 6.20 Å². The fourth-order valence-electron chi connectivity index (χ4n) is 5.66. The van der Waals surface area contributed by atoms with E-state index in [4.69, 9.17) is 16.5 Å². The summed E-state index contributed by atoms with van der Waals surface area (Å²) in [5, 5.41) is 0. The summed E-state index contributed by atoms with van der Waals surface area (Å²) in [7, 11) is 0. The van der Waals surface area contributed by atoms with Crippen LogP contribution in [0.2, 0.25) is 0 Å². The van der Waals surface area contributed by atoms with Crippen LogP contribution in [0.3, 0.4) is 0 Å². The van der Waals surface area contributed by atoms with Gasteiger partial charge in [0.2, 0.25) is 5.91 Å². The van der Waals surface area contributed by atoms with Gasteiger partial charge in [0.15, 0.2) is 11.5 Å². The average Bonchev–Trinajstić information content (AvgIpc) is 3.33. The third-order valence-electron chi connectivity index (χ3n) is 7.51. The smallest absolute Gasteiger partial charge is 0.225 e. The van der Waals surface area contributed by atoms with Crippen molar-refractivity contribution in [2.24, 2.45) is 17.4 Å². The molecule has 5 rings (SSSR count). The van der Waals surface area contributed by atoms with Crippen LogP contribution in [-0.4, -0.2) is 67.9 Å². The van der Waals surface area contributed by atoms with E-state index in [2.05, 4.69) is 30.9 Å². The van der Waals surface area contributed by atoms with Gasteiger partial charge in [0.05, 0.1) is 0 Å². The second kappa shape index (κ2) is 11.6. The van der Waals surface area contributed by atoms with Crippen LogP contribution in [0.15, 0.2) is 78.9 Å². The fraction of sp³-hybridized carbons (Fsp3) is 0.379. The predicted octanol–water partition coefficient (Wildman–Crippen LogP) is 3.24. The number of carbonyl (C=O) groups excluding carboxylic acids is 1. The van der Waals surface area contributed by atoms with Crippen molar-refractivity contribution in [1.82, 2.24) is 29.3 Å². The molecule has 3 aromatic heterocycles. The highest BCUT2D eigenvalue weighted by atomic mass is 16.2. The van der Waals surface area contributed by atoms with Crippen molar-refractivity contribution >= 4 is 17.1 Å². The van der Waals surface area contributed by atoms with Gasteiger partial charge in [-0.05, 0) is 87.0 Å². The van der Waals surface area contributed by atoms with Crippen LogP contribution in [0.5, 0.6) is 0 Å². The monoisotopic (exact) mass is 512 g/mol. The highest BCUT2D eigenvalue weighted by Gasteiger charge is 2.32. The van der Waals surface area contributed by atoms with Crippen LogP contribution in [0.4, 0.5) is 0 Å². The molecule has 38 heavy (non-hydrogen) atoms. The van der Waals surface area contributed by atoms with Gasteiger partial charge < -0.3 is 20.9 Å². The minimum absolute atomic E-state index is 0.0737. The van der Waals surface area contributed by atoms with Gasteiger partial charge in [-0.1, -0.05) is 12.6 Å². The second-order valence-electron chi connectivity index (χ2n) is 10.1. The number of carbonyl (C=O) groups is 1. The van der Waals surface area contributed by atoms with Crippen LogP contribution in [0.1, 0.15) is 31.7 Å². The van der Waals surface area contributed by atoms with Crippen LogP contribution in [-0.2, 0) is 4.79 Å². The number of amides is 1. The van der Waals surface area contributed by atoms with Crippen molar-refractivity contribution in [3.05, 3.63) is 78.9 Å². The van der Waals surface area contributed by atoms with Gasteiger partial charge in [-0.25, -0.2) is 9.97 Å². The quantitative estimate of drug-likeness (QED) is 0.467. The summed E-state index contributed by atoms with van der Waals surface area (Å²) >= 11 is 0. The maximum absolute atomic E-state index is 13.4. The Morgan fingerprint density at radius 2 is 1.79 bits per heavy atom. The molecule has 2 saturated heterocycles. The van der Waals surface area contributed by atoms with Crippen molar-refractivity contribution in [3.63, 3.8) is 0 Å². The van der Waals surface area contributed by atoms with Gasteiger partial charge in [-0.3, -0.25) is 14.7 Å². The number of nitrogens with two attached hydrogens (primary N) is 2. The highest BCUT2D eigenvalue weighted by Crippen LogP contribution is 2.33. The zero-order valence-corrected chi connectivity index (χ0v) is 21.7. The molecule has 5 heterocycles. The first-order valence-electron chi connectivity index (χ1n) is 13.3. The number of aromatic nitrogens is 4. The maximum Gasteiger partial charge on any atom is 0.225 e. The molecule has 2 aliphatic rings. The summed E-state index contributed by atoms with van der Waals surface area (Å²) in [6.45, 7) is 7.74. The van der Waals surface area contributed by atoms with Gasteiger partial charge in [0.1, 0.15) is 11.2 Å². The lowest BCUT2D eigenvalue weighted by atomic mass is 9.93. The topological polar surface area (TPSA) is 119 Å². The highest BCUT2D eigenvalue weighted by molar-refractivity contribution is 5.79. The first-order chi connectivity index (χ1) is 18.5. The lowest BCUT2D eigenvalue weighted by Gasteiger charge is -2.38. The lowest BCUT2D eigenvalue weighted by molar-refractivity contribution is -0.138. The Balaban J connectivity index is 1.21. The molecule has 0 bridgehead atoms. The van der Waals surface area contributed by atoms with E-state index in [0.29, 0.717) is 5.70 Å². The number of imidazole rings is 1. The molecule has 0 aliphatic carbocycles. The number of allylic oxidation sites excluding steroid dienone is 1. The number of hydrogen-bond donors (Lipinski definition) is 2. The number of hydrogen-bond acceptors (Lipinski definition) is 7. The summed E-state index contributed by atoms with van der Waals surface area (Å²) in [6, 6.07) is 10.00. The van der Waals surface area contributed by atoms with Gasteiger partial charge in [-0.2, -0.15) is 0 Å². The zero-order valence-electron chi connectivity index (χ0n) is 21.7. The van der Waals surface area contributed by atoms with Crippen LogP contribution >= 0.6 is 0 Å². The minimum Gasteiger partial charge on any atom is -0.405 e. The molecule has 4 N–H and O–H groups in total. The van der Waals surface area contributed by atoms with Crippen molar-refractivity contribution < 1.29 is 4.79 Å². The van der Waals surface area contributed by atoms with Gasteiger partial charge in [-0.15, -0.1) is 0 Å². The Morgan fingerprint density at radius 1 is 1.03 bits per heavy atom. The normalized spacial score (nSPS) is 18.4. The predicted molar refractivity (Wildman–Crippen MR) is 150 cm³/mol. The third kappa shape index (κ3) is 5.62. The fourth-order valence-corrected chi connectivity index (χ4v) is 5.66. The molecule has 2 aliphatic heterocycles. The second-order valence-corrected chi connectivity index (χ2v) is 10.1. The van der Waals surface area contributed by atoms with Crippen molar-refractivity contribution in [2.45, 2.75) is 31.7 Å². The molecule has 1 amide bonds. The Labute approximate surface area is 223 Å². The summed E-state index contributed by atoms with van der Waals surface area (Å²) in [6.07, 6.45) is 12.3. The molecule has 0 saturated carbocycles. The van der Waals surface area contributed by atoms with Crippen LogP contribution in [0.25, 0.3) is 22.7 Å². The summed E-state index contributed by atoms with van der Waals surface area (Å²) in [4.78, 5) is 31.9. The average molecular weight is 513 g/mol. The van der Waals surface area contributed by atoms with E-state index in [9.17, 15) is 4.79 Å². The Bertz CT molecular complexity index is 1330. The number of piperidine rings is 2. The first-order valence-corrected chi connectivity index (χ1v) is 13.3. The molecular formula is C29H36N8O. The zero-order chi connectivity index (χ0) is 26.5. The SMILES string of the molecule is C=C(N)/C=C(\C=C/N)CN1CCC(C(=O)N2CCC(n3c(-c4ccccn4)nc4cccnc43)CC2)CC1. The minimum atomic E-state index is 0.0737. The molecule has 0 radical (unpaired) electrons. The number of likely N-dealkylation sites (tertiary alicyclic amines) is 2. The molecule has 0 unspecified atom stereocenters. The lowest BCUT2D eigenvalue weighted by Crippen LogP contribution is -2.46. The summed E-state index contributed by atoms with van der Waals surface area (Å²) in [5.74, 6) is 1.20. The molecule has 3 aromatic rings. The standard InChI is InChI=1S/C29H36N8O/c1-21(31)19-22(7-12-30)20-35-15-8-23(9-16-35)29(38)36-17-10-24(11-18-36)37-27-26(6-4-14-33-27)34-28(37)25-5-2-3-13-32-25/h2-7,12-14,19,23-24H,1,8-11,15-18,20,30-31H2/b12-7-,22-19+. The van der Waals surface area contributed by atoms with E-state index in [1.807, 2.05) is 48.7 Å². The Morgan fingerprint density at radius 3 is 2.47 bits per heavy atom. The first kappa shape index (κ1) is 25.7. The van der Waals surface area contributed by atoms with Crippen molar-refractivity contribution in [2.75, 3.05) is 32.7 Å². The molecular weight excluding hydrogens is 476 g/mol. The van der Waals surface area contributed by atoms with E-state index in [0.717, 1.165) is 86.7 Å². The molecule has 0 spiro atoms. The molecule has 0 aromatic carbocycles. The largest absolute Gasteiger partial charge is 0.405 e. The van der Waals surface area contributed by atoms with E-state index >= 15 is 0 Å². The molecule has 0 atom stereocenters. The molecule has 9 nitrogen and oxygen atoms in total. The molecule has 2 fully saturated rings. The van der Waals surface area contributed by atoms with Gasteiger partial charge in [0, 0.05) is 49.7 Å². The van der Waals surface area contributed by atoms with E-state index in [-0.39, 0.29) is 17.9 Å². The summed E-state index contributed by atoms with van der Waals surface area (Å²) in [5.41, 5.74) is 15.5. The number of pyridine rings is 2. The third-order valence-corrected chi connectivity index (χ3v) is 7.51. The Hall–Kier alpha value is -3.98. The number of fused-ring (bicyclic) bond motifs is 1. The van der Waals surface area contributed by atoms with Gasteiger partial charge in [0.25, 0.3) is 0 Å². The Kier molecular flexibility index (Phi) is 7.83. The van der Waals surface area contributed by atoms with E-state index in [1.165, 1.54) is 6.20 Å². The van der Waals surface area contributed by atoms with Crippen LogP contribution < -0.4 is 11.5 Å².